The molecule has 38 heavy (non-hydrogen) atoms. The topological polar surface area (TPSA) is 114 Å². The van der Waals surface area contributed by atoms with Crippen LogP contribution < -0.4 is 20.1 Å². The average Bonchev–Trinajstić information content (AvgIpc) is 3.09. The molecule has 1 fully saturated rings. The van der Waals surface area contributed by atoms with E-state index in [2.05, 4.69) is 10.6 Å². The van der Waals surface area contributed by atoms with Gasteiger partial charge in [0, 0.05) is 6.54 Å². The molecule has 2 aliphatic rings. The number of likely N-dealkylation sites (tertiary alicyclic amines) is 1. The number of Topliss-reactive ketones (excluding diaryl/α,β-unsaturated/α-hetero) is 1. The van der Waals surface area contributed by atoms with Crippen LogP contribution in [0.15, 0.2) is 54.6 Å². The van der Waals surface area contributed by atoms with Gasteiger partial charge in [-0.1, -0.05) is 56.3 Å². The van der Waals surface area contributed by atoms with Crippen LogP contribution >= 0.6 is 0 Å². The molecule has 2 aromatic rings. The summed E-state index contributed by atoms with van der Waals surface area (Å²) in [4.78, 5) is 53.6. The average molecular weight is 522 g/mol. The number of rotatable bonds is 8. The molecule has 202 valence electrons. The number of hydrogen-bond acceptors (Lipinski definition) is 6. The maximum Gasteiger partial charge on any atom is 0.265 e. The van der Waals surface area contributed by atoms with Crippen LogP contribution in [0.4, 0.5) is 0 Å². The minimum Gasteiger partial charge on any atom is -0.485 e. The summed E-state index contributed by atoms with van der Waals surface area (Å²) in [6.45, 7) is 4.35. The van der Waals surface area contributed by atoms with Crippen molar-refractivity contribution in [3.05, 3.63) is 60.2 Å². The van der Waals surface area contributed by atoms with E-state index in [4.69, 9.17) is 9.47 Å². The Labute approximate surface area is 222 Å². The van der Waals surface area contributed by atoms with Crippen molar-refractivity contribution in [3.63, 3.8) is 0 Å². The number of fused-ring (bicyclic) bond motifs is 1. The van der Waals surface area contributed by atoms with Gasteiger partial charge in [0.2, 0.25) is 17.9 Å². The summed E-state index contributed by atoms with van der Waals surface area (Å²) in [7, 11) is 0. The highest BCUT2D eigenvalue weighted by Gasteiger charge is 2.34. The number of nitrogens with one attached hydrogen (secondary N) is 2. The minimum absolute atomic E-state index is 0.0345. The maximum atomic E-state index is 13.2. The van der Waals surface area contributed by atoms with E-state index in [9.17, 15) is 19.2 Å². The van der Waals surface area contributed by atoms with Crippen molar-refractivity contribution >= 4 is 23.5 Å². The second kappa shape index (κ2) is 12.6. The molecule has 0 aliphatic carbocycles. The molecular weight excluding hydrogens is 486 g/mol. The van der Waals surface area contributed by atoms with Crippen LogP contribution in [-0.2, 0) is 25.6 Å². The fourth-order valence-electron chi connectivity index (χ4n) is 4.66. The fourth-order valence-corrected chi connectivity index (χ4v) is 4.66. The first kappa shape index (κ1) is 27.2. The predicted octanol–water partition coefficient (Wildman–Crippen LogP) is 2.28. The number of carbonyl (C=O) groups excluding carboxylic acids is 4. The summed E-state index contributed by atoms with van der Waals surface area (Å²) in [6, 6.07) is 14.9. The molecular formula is C29H35N3O6. The van der Waals surface area contributed by atoms with Crippen molar-refractivity contribution in [1.29, 1.82) is 0 Å². The molecule has 9 nitrogen and oxygen atoms in total. The Morgan fingerprint density at radius 3 is 2.47 bits per heavy atom. The van der Waals surface area contributed by atoms with E-state index in [-0.39, 0.29) is 37.2 Å². The van der Waals surface area contributed by atoms with Gasteiger partial charge in [-0.25, -0.2) is 0 Å². The van der Waals surface area contributed by atoms with Gasteiger partial charge in [-0.3, -0.25) is 19.2 Å². The second-order valence-corrected chi connectivity index (χ2v) is 10.2. The second-order valence-electron chi connectivity index (χ2n) is 10.2. The number of carbonyl (C=O) groups is 4. The summed E-state index contributed by atoms with van der Waals surface area (Å²) in [5.74, 6) is -0.0522. The number of nitrogens with zero attached hydrogens (tertiary/aromatic N) is 1. The zero-order chi connectivity index (χ0) is 27.1. The summed E-state index contributed by atoms with van der Waals surface area (Å²) in [6.07, 6.45) is 0.745. The lowest BCUT2D eigenvalue weighted by atomic mass is 10.0. The Kier molecular flexibility index (Phi) is 8.99. The number of ketones is 1. The van der Waals surface area contributed by atoms with Crippen LogP contribution in [0, 0.1) is 5.92 Å². The van der Waals surface area contributed by atoms with Crippen LogP contribution in [-0.4, -0.2) is 66.3 Å². The van der Waals surface area contributed by atoms with Crippen molar-refractivity contribution < 1.29 is 28.7 Å². The zero-order valence-corrected chi connectivity index (χ0v) is 21.9. The number of amides is 3. The highest BCUT2D eigenvalue weighted by atomic mass is 16.6. The highest BCUT2D eigenvalue weighted by molar-refractivity contribution is 5.95. The van der Waals surface area contributed by atoms with Gasteiger partial charge < -0.3 is 25.0 Å². The Bertz CT molecular complexity index is 1150. The van der Waals surface area contributed by atoms with E-state index >= 15 is 0 Å². The number of ether oxygens (including phenoxy) is 2. The number of hydrogen-bond donors (Lipinski definition) is 2. The third-order valence-electron chi connectivity index (χ3n) is 6.66. The van der Waals surface area contributed by atoms with Gasteiger partial charge in [-0.2, -0.15) is 0 Å². The molecule has 0 radical (unpaired) electrons. The van der Waals surface area contributed by atoms with Crippen LogP contribution in [0.3, 0.4) is 0 Å². The van der Waals surface area contributed by atoms with Crippen molar-refractivity contribution in [1.82, 2.24) is 15.5 Å². The van der Waals surface area contributed by atoms with Crippen LogP contribution in [0.25, 0.3) is 0 Å². The number of para-hydroxylation sites is 2. The van der Waals surface area contributed by atoms with E-state index in [1.165, 1.54) is 0 Å². The zero-order valence-electron chi connectivity index (χ0n) is 21.9. The third kappa shape index (κ3) is 7.12. The van der Waals surface area contributed by atoms with Crippen LogP contribution in [0.5, 0.6) is 11.5 Å². The van der Waals surface area contributed by atoms with E-state index < -0.39 is 30.0 Å². The van der Waals surface area contributed by atoms with Gasteiger partial charge in [0.05, 0.1) is 19.0 Å². The molecule has 0 spiro atoms. The van der Waals surface area contributed by atoms with Gasteiger partial charge in [-0.05, 0) is 42.9 Å². The van der Waals surface area contributed by atoms with Gasteiger partial charge >= 0.3 is 0 Å². The monoisotopic (exact) mass is 521 g/mol. The van der Waals surface area contributed by atoms with Crippen LogP contribution in [0.2, 0.25) is 0 Å². The van der Waals surface area contributed by atoms with Gasteiger partial charge in [0.15, 0.2) is 17.3 Å². The van der Waals surface area contributed by atoms with Crippen LogP contribution in [0.1, 0.15) is 38.7 Å². The SMILES string of the molecule is CC(C)CC(NC(=O)C1COc2ccccc2O1)C(=O)NC1CCCN(C(=O)Cc2ccccc2)CC1=O. The van der Waals surface area contributed by atoms with Crippen molar-refractivity contribution in [2.24, 2.45) is 5.92 Å². The summed E-state index contributed by atoms with van der Waals surface area (Å²) < 4.78 is 11.4. The van der Waals surface area contributed by atoms with E-state index in [0.29, 0.717) is 37.3 Å². The van der Waals surface area contributed by atoms with Crippen molar-refractivity contribution in [2.75, 3.05) is 19.7 Å². The highest BCUT2D eigenvalue weighted by Crippen LogP contribution is 2.31. The quantitative estimate of drug-likeness (QED) is 0.551. The Morgan fingerprint density at radius 2 is 1.74 bits per heavy atom. The Hall–Kier alpha value is -3.88. The summed E-state index contributed by atoms with van der Waals surface area (Å²) in [5.41, 5.74) is 0.891. The lowest BCUT2D eigenvalue weighted by molar-refractivity contribution is -0.137. The molecule has 2 N–H and O–H groups in total. The van der Waals surface area contributed by atoms with E-state index in [1.807, 2.05) is 50.2 Å². The predicted molar refractivity (Wildman–Crippen MR) is 141 cm³/mol. The Morgan fingerprint density at radius 1 is 1.03 bits per heavy atom. The minimum atomic E-state index is -0.893. The molecule has 9 heteroatoms. The molecule has 0 saturated carbocycles. The van der Waals surface area contributed by atoms with Crippen molar-refractivity contribution in [2.45, 2.75) is 57.7 Å². The first-order valence-corrected chi connectivity index (χ1v) is 13.1. The van der Waals surface area contributed by atoms with E-state index in [0.717, 1.165) is 5.56 Å². The molecule has 3 amide bonds. The first-order chi connectivity index (χ1) is 18.3. The molecule has 3 unspecified atom stereocenters. The summed E-state index contributed by atoms with van der Waals surface area (Å²) in [5, 5.41) is 5.63. The molecule has 4 rings (SSSR count). The third-order valence-corrected chi connectivity index (χ3v) is 6.66. The van der Waals surface area contributed by atoms with Crippen molar-refractivity contribution in [3.8, 4) is 11.5 Å². The first-order valence-electron chi connectivity index (χ1n) is 13.1. The molecule has 2 aromatic carbocycles. The fraction of sp³-hybridized carbons (Fsp3) is 0.448. The molecule has 0 bridgehead atoms. The smallest absolute Gasteiger partial charge is 0.265 e. The largest absolute Gasteiger partial charge is 0.485 e. The normalized spacial score (nSPS) is 19.9. The molecule has 0 aromatic heterocycles. The standard InChI is InChI=1S/C29H35N3O6/c1-19(2)15-22(31-29(36)26-18-37-24-12-6-7-13-25(24)38-26)28(35)30-21-11-8-14-32(17-23(21)33)27(34)16-20-9-4-3-5-10-20/h3-7,9-10,12-13,19,21-22,26H,8,11,14-18H2,1-2H3,(H,30,35)(H,31,36). The molecule has 3 atom stereocenters. The van der Waals surface area contributed by atoms with E-state index in [1.54, 1.807) is 23.1 Å². The molecule has 2 aliphatic heterocycles. The van der Waals surface area contributed by atoms with Gasteiger partial charge in [0.25, 0.3) is 5.91 Å². The Balaban J connectivity index is 1.34. The molecule has 2 heterocycles. The lowest BCUT2D eigenvalue weighted by Gasteiger charge is -2.28. The van der Waals surface area contributed by atoms with Gasteiger partial charge in [0.1, 0.15) is 12.6 Å². The maximum absolute atomic E-state index is 13.2. The number of benzene rings is 2. The molecule has 1 saturated heterocycles. The lowest BCUT2D eigenvalue weighted by Crippen LogP contribution is -2.55. The van der Waals surface area contributed by atoms with Gasteiger partial charge in [-0.15, -0.1) is 0 Å². The summed E-state index contributed by atoms with van der Waals surface area (Å²) >= 11 is 0.